The molecule has 0 bridgehead atoms. The maximum atomic E-state index is 13.0. The second-order valence-corrected chi connectivity index (χ2v) is 5.52. The van der Waals surface area contributed by atoms with Crippen LogP contribution in [-0.4, -0.2) is 25.9 Å². The van der Waals surface area contributed by atoms with Gasteiger partial charge in [-0.25, -0.2) is 9.07 Å². The summed E-state index contributed by atoms with van der Waals surface area (Å²) in [6, 6.07) is 6.28. The molecular weight excluding hydrogens is 321 g/mol. The van der Waals surface area contributed by atoms with Crippen molar-refractivity contribution in [2.75, 3.05) is 5.75 Å². The predicted molar refractivity (Wildman–Crippen MR) is 70.8 cm³/mol. The predicted octanol–water partition coefficient (Wildman–Crippen LogP) is 2.54. The Kier molecular flexibility index (Phi) is 4.36. The molecule has 1 atom stereocenters. The lowest BCUT2D eigenvalue weighted by Gasteiger charge is -2.10. The first-order chi connectivity index (χ1) is 8.58. The number of nitrogens with zero attached hydrogens (tertiary/aromatic N) is 3. The summed E-state index contributed by atoms with van der Waals surface area (Å²) < 4.78 is 15.0. The summed E-state index contributed by atoms with van der Waals surface area (Å²) in [5.74, 6) is 0.126. The number of aliphatic hydroxyl groups excluding tert-OH is 1. The van der Waals surface area contributed by atoms with Gasteiger partial charge in [-0.1, -0.05) is 11.3 Å². The van der Waals surface area contributed by atoms with Crippen LogP contribution in [0.5, 0.6) is 0 Å². The van der Waals surface area contributed by atoms with E-state index in [4.69, 9.17) is 0 Å². The molecule has 2 aromatic rings. The highest BCUT2D eigenvalue weighted by atomic mass is 79.9. The van der Waals surface area contributed by atoms with Gasteiger partial charge in [0.1, 0.15) is 17.6 Å². The van der Waals surface area contributed by atoms with Gasteiger partial charge in [-0.3, -0.25) is 0 Å². The van der Waals surface area contributed by atoms with Crippen molar-refractivity contribution in [2.24, 2.45) is 7.05 Å². The number of benzene rings is 1. The van der Waals surface area contributed by atoms with Crippen molar-refractivity contribution in [1.82, 2.24) is 15.0 Å². The summed E-state index contributed by atoms with van der Waals surface area (Å²) in [5, 5.41) is 17.7. The molecule has 1 aromatic heterocycles. The first kappa shape index (κ1) is 13.5. The number of rotatable bonds is 4. The van der Waals surface area contributed by atoms with E-state index in [1.54, 1.807) is 19.2 Å². The monoisotopic (exact) mass is 331 g/mol. The van der Waals surface area contributed by atoms with Crippen LogP contribution in [0.3, 0.4) is 0 Å². The highest BCUT2D eigenvalue weighted by Crippen LogP contribution is 2.27. The third kappa shape index (κ3) is 3.09. The zero-order valence-corrected chi connectivity index (χ0v) is 11.9. The Balaban J connectivity index is 2.03. The van der Waals surface area contributed by atoms with Crippen LogP contribution in [0.15, 0.2) is 33.8 Å². The molecule has 1 unspecified atom stereocenters. The number of aryl methyl sites for hydroxylation is 1. The normalized spacial score (nSPS) is 12.7. The largest absolute Gasteiger partial charge is 0.386 e. The SMILES string of the molecule is Cn1nnc(Br)c1C(O)CSc1cccc(F)c1. The molecule has 1 N–H and O–H groups in total. The van der Waals surface area contributed by atoms with Crippen molar-refractivity contribution >= 4 is 27.7 Å². The topological polar surface area (TPSA) is 50.9 Å². The summed E-state index contributed by atoms with van der Waals surface area (Å²) >= 11 is 4.61. The number of aromatic nitrogens is 3. The molecule has 0 saturated carbocycles. The van der Waals surface area contributed by atoms with Crippen molar-refractivity contribution < 1.29 is 9.50 Å². The first-order valence-electron chi connectivity index (χ1n) is 5.19. The van der Waals surface area contributed by atoms with E-state index in [1.165, 1.54) is 28.6 Å². The smallest absolute Gasteiger partial charge is 0.154 e. The zero-order valence-electron chi connectivity index (χ0n) is 9.55. The van der Waals surface area contributed by atoms with E-state index in [0.29, 0.717) is 16.0 Å². The quantitative estimate of drug-likeness (QED) is 0.875. The molecule has 0 aliphatic carbocycles. The number of hydrogen-bond acceptors (Lipinski definition) is 4. The lowest BCUT2D eigenvalue weighted by molar-refractivity contribution is 0.193. The van der Waals surface area contributed by atoms with Gasteiger partial charge in [0.05, 0.1) is 0 Å². The molecular formula is C11H11BrFN3OS. The van der Waals surface area contributed by atoms with E-state index in [0.717, 1.165) is 4.90 Å². The molecule has 1 heterocycles. The Morgan fingerprint density at radius 3 is 2.94 bits per heavy atom. The average Bonchev–Trinajstić information content (AvgIpc) is 2.66. The minimum atomic E-state index is -0.715. The average molecular weight is 332 g/mol. The van der Waals surface area contributed by atoms with Gasteiger partial charge >= 0.3 is 0 Å². The zero-order chi connectivity index (χ0) is 13.1. The number of halogens is 2. The number of hydrogen-bond donors (Lipinski definition) is 1. The van der Waals surface area contributed by atoms with E-state index in [2.05, 4.69) is 26.2 Å². The summed E-state index contributed by atoms with van der Waals surface area (Å²) in [7, 11) is 1.71. The Hall–Kier alpha value is -0.920. The molecule has 96 valence electrons. The Labute approximate surface area is 116 Å². The standard InChI is InChI=1S/C11H11BrFN3OS/c1-16-10(11(12)14-15-16)9(17)6-18-8-4-2-3-7(13)5-8/h2-5,9,17H,6H2,1H3. The van der Waals surface area contributed by atoms with E-state index in [-0.39, 0.29) is 5.82 Å². The van der Waals surface area contributed by atoms with Crippen LogP contribution < -0.4 is 0 Å². The minimum Gasteiger partial charge on any atom is -0.386 e. The second kappa shape index (κ2) is 5.81. The Morgan fingerprint density at radius 1 is 1.56 bits per heavy atom. The highest BCUT2D eigenvalue weighted by Gasteiger charge is 2.17. The minimum absolute atomic E-state index is 0.280. The Bertz CT molecular complexity index is 529. The maximum Gasteiger partial charge on any atom is 0.154 e. The van der Waals surface area contributed by atoms with Gasteiger partial charge in [-0.15, -0.1) is 16.9 Å². The van der Waals surface area contributed by atoms with Crippen LogP contribution in [0.25, 0.3) is 0 Å². The third-order valence-corrected chi connectivity index (χ3v) is 3.98. The van der Waals surface area contributed by atoms with E-state index in [1.807, 2.05) is 0 Å². The highest BCUT2D eigenvalue weighted by molar-refractivity contribution is 9.10. The fourth-order valence-electron chi connectivity index (χ4n) is 1.50. The fraction of sp³-hybridized carbons (Fsp3) is 0.273. The molecule has 1 aromatic carbocycles. The summed E-state index contributed by atoms with van der Waals surface area (Å²) in [6.45, 7) is 0. The molecule has 0 aliphatic heterocycles. The van der Waals surface area contributed by atoms with Gasteiger partial charge < -0.3 is 5.11 Å². The summed E-state index contributed by atoms with van der Waals surface area (Å²) in [4.78, 5) is 0.778. The molecule has 2 rings (SSSR count). The third-order valence-electron chi connectivity index (χ3n) is 2.35. The lowest BCUT2D eigenvalue weighted by atomic mass is 10.3. The van der Waals surface area contributed by atoms with Gasteiger partial charge in [-0.2, -0.15) is 0 Å². The van der Waals surface area contributed by atoms with Crippen molar-refractivity contribution in [2.45, 2.75) is 11.0 Å². The van der Waals surface area contributed by atoms with Crippen LogP contribution in [0.4, 0.5) is 4.39 Å². The number of thioether (sulfide) groups is 1. The van der Waals surface area contributed by atoms with Crippen molar-refractivity contribution in [3.8, 4) is 0 Å². The van der Waals surface area contributed by atoms with Crippen molar-refractivity contribution in [3.63, 3.8) is 0 Å². The molecule has 7 heteroatoms. The number of aliphatic hydroxyl groups is 1. The van der Waals surface area contributed by atoms with E-state index >= 15 is 0 Å². The molecule has 0 fully saturated rings. The van der Waals surface area contributed by atoms with Crippen molar-refractivity contribution in [3.05, 3.63) is 40.4 Å². The molecule has 0 radical (unpaired) electrons. The van der Waals surface area contributed by atoms with Crippen LogP contribution in [0, 0.1) is 5.82 Å². The van der Waals surface area contributed by atoms with Crippen LogP contribution in [0.2, 0.25) is 0 Å². The van der Waals surface area contributed by atoms with Gasteiger partial charge in [0.2, 0.25) is 0 Å². The molecule has 0 amide bonds. The maximum absolute atomic E-state index is 13.0. The van der Waals surface area contributed by atoms with Gasteiger partial charge in [-0.05, 0) is 34.1 Å². The van der Waals surface area contributed by atoms with Crippen LogP contribution in [-0.2, 0) is 7.05 Å². The Morgan fingerprint density at radius 2 is 2.33 bits per heavy atom. The van der Waals surface area contributed by atoms with Crippen LogP contribution >= 0.6 is 27.7 Å². The van der Waals surface area contributed by atoms with Crippen molar-refractivity contribution in [1.29, 1.82) is 0 Å². The molecule has 0 saturated heterocycles. The van der Waals surface area contributed by atoms with Gasteiger partial charge in [0.25, 0.3) is 0 Å². The first-order valence-corrected chi connectivity index (χ1v) is 6.97. The van der Waals surface area contributed by atoms with E-state index < -0.39 is 6.10 Å². The summed E-state index contributed by atoms with van der Waals surface area (Å²) in [6.07, 6.45) is -0.715. The molecule has 0 aliphatic rings. The lowest BCUT2D eigenvalue weighted by Crippen LogP contribution is -2.08. The molecule has 18 heavy (non-hydrogen) atoms. The van der Waals surface area contributed by atoms with E-state index in [9.17, 15) is 9.50 Å². The molecule has 4 nitrogen and oxygen atoms in total. The van der Waals surface area contributed by atoms with Gasteiger partial charge in [0, 0.05) is 17.7 Å². The second-order valence-electron chi connectivity index (χ2n) is 3.67. The summed E-state index contributed by atoms with van der Waals surface area (Å²) in [5.41, 5.74) is 0.610. The molecule has 0 spiro atoms. The van der Waals surface area contributed by atoms with Crippen LogP contribution in [0.1, 0.15) is 11.8 Å². The fourth-order valence-corrected chi connectivity index (χ4v) is 2.97. The van der Waals surface area contributed by atoms with Gasteiger partial charge in [0.15, 0.2) is 4.60 Å².